The van der Waals surface area contributed by atoms with Crippen LogP contribution in [0.25, 0.3) is 5.65 Å². The van der Waals surface area contributed by atoms with Crippen LogP contribution in [0.5, 0.6) is 0 Å². The van der Waals surface area contributed by atoms with Crippen LogP contribution in [0.3, 0.4) is 0 Å². The van der Waals surface area contributed by atoms with Gasteiger partial charge in [0.15, 0.2) is 0 Å². The summed E-state index contributed by atoms with van der Waals surface area (Å²) >= 11 is 0. The van der Waals surface area contributed by atoms with Gasteiger partial charge in [0.1, 0.15) is 5.65 Å². The third kappa shape index (κ3) is 1.38. The number of nitrogens with zero attached hydrogens (tertiary/aromatic N) is 2. The molecule has 4 nitrogen and oxygen atoms in total. The Morgan fingerprint density at radius 3 is 3.14 bits per heavy atom. The van der Waals surface area contributed by atoms with Crippen molar-refractivity contribution >= 4 is 5.65 Å². The van der Waals surface area contributed by atoms with Crippen LogP contribution in [-0.4, -0.2) is 21.1 Å². The van der Waals surface area contributed by atoms with Crippen molar-refractivity contribution in [3.63, 3.8) is 0 Å². The Bertz CT molecular complexity index is 450. The fourth-order valence-corrected chi connectivity index (χ4v) is 1.55. The molecule has 2 aromatic heterocycles. The highest BCUT2D eigenvalue weighted by Gasteiger charge is 2.10. The normalized spacial score (nSPS) is 13.4. The Morgan fingerprint density at radius 2 is 2.43 bits per heavy atom. The Balaban J connectivity index is 2.64. The van der Waals surface area contributed by atoms with E-state index in [2.05, 4.69) is 4.98 Å². The molecule has 0 aliphatic rings. The van der Waals surface area contributed by atoms with E-state index in [0.717, 1.165) is 16.9 Å². The maximum Gasteiger partial charge on any atom is 0.141 e. The third-order valence-electron chi connectivity index (χ3n) is 2.23. The van der Waals surface area contributed by atoms with Crippen molar-refractivity contribution in [3.8, 4) is 0 Å². The first-order chi connectivity index (χ1) is 6.72. The van der Waals surface area contributed by atoms with Gasteiger partial charge in [-0.1, -0.05) is 6.07 Å². The van der Waals surface area contributed by atoms with E-state index >= 15 is 0 Å². The lowest BCUT2D eigenvalue weighted by Gasteiger charge is -2.08. The molecule has 0 saturated heterocycles. The van der Waals surface area contributed by atoms with E-state index in [1.54, 1.807) is 0 Å². The number of nitrogens with two attached hydrogens (primary N) is 1. The summed E-state index contributed by atoms with van der Waals surface area (Å²) in [5.74, 6) is 0. The molecule has 0 spiro atoms. The first-order valence-corrected chi connectivity index (χ1v) is 4.53. The zero-order valence-corrected chi connectivity index (χ0v) is 8.01. The van der Waals surface area contributed by atoms with Crippen molar-refractivity contribution in [2.24, 2.45) is 5.73 Å². The summed E-state index contributed by atoms with van der Waals surface area (Å²) in [5, 5.41) is 8.99. The maximum atomic E-state index is 8.99. The Morgan fingerprint density at radius 1 is 1.64 bits per heavy atom. The second kappa shape index (κ2) is 3.40. The molecule has 0 amide bonds. The zero-order chi connectivity index (χ0) is 10.1. The number of pyridine rings is 1. The number of aliphatic hydroxyl groups is 1. The molecule has 1 unspecified atom stereocenters. The molecule has 0 aromatic carbocycles. The minimum Gasteiger partial charge on any atom is -0.394 e. The molecule has 74 valence electrons. The van der Waals surface area contributed by atoms with Crippen LogP contribution in [-0.2, 0) is 0 Å². The lowest BCUT2D eigenvalue weighted by molar-refractivity contribution is 0.268. The van der Waals surface area contributed by atoms with Crippen LogP contribution in [0.4, 0.5) is 0 Å². The topological polar surface area (TPSA) is 63.5 Å². The highest BCUT2D eigenvalue weighted by Crippen LogP contribution is 2.16. The van der Waals surface area contributed by atoms with Crippen LogP contribution >= 0.6 is 0 Å². The van der Waals surface area contributed by atoms with E-state index in [4.69, 9.17) is 10.8 Å². The van der Waals surface area contributed by atoms with Gasteiger partial charge in [-0.05, 0) is 13.0 Å². The number of aromatic nitrogens is 2. The number of hydrogen-bond acceptors (Lipinski definition) is 3. The Labute approximate surface area is 82.0 Å². The molecule has 1 atom stereocenters. The van der Waals surface area contributed by atoms with Crippen molar-refractivity contribution < 1.29 is 5.11 Å². The van der Waals surface area contributed by atoms with Gasteiger partial charge in [-0.25, -0.2) is 4.98 Å². The average Bonchev–Trinajstić information content (AvgIpc) is 2.56. The van der Waals surface area contributed by atoms with Crippen LogP contribution < -0.4 is 5.73 Å². The first-order valence-electron chi connectivity index (χ1n) is 4.53. The van der Waals surface area contributed by atoms with Gasteiger partial charge in [0.2, 0.25) is 0 Å². The predicted octanol–water partition coefficient (Wildman–Crippen LogP) is 0.635. The lowest BCUT2D eigenvalue weighted by Crippen LogP contribution is -2.15. The number of hydrogen-bond donors (Lipinski definition) is 2. The summed E-state index contributed by atoms with van der Waals surface area (Å²) in [6, 6.07) is 3.43. The van der Waals surface area contributed by atoms with Gasteiger partial charge in [0.05, 0.1) is 18.3 Å². The van der Waals surface area contributed by atoms with Crippen molar-refractivity contribution in [2.75, 3.05) is 6.61 Å². The molecule has 3 N–H and O–H groups in total. The highest BCUT2D eigenvalue weighted by atomic mass is 16.3. The minimum absolute atomic E-state index is 0.0639. The van der Waals surface area contributed by atoms with Gasteiger partial charge < -0.3 is 15.2 Å². The number of rotatable bonds is 2. The summed E-state index contributed by atoms with van der Waals surface area (Å²) in [6.45, 7) is 1.87. The molecule has 14 heavy (non-hydrogen) atoms. The average molecular weight is 191 g/mol. The van der Waals surface area contributed by atoms with E-state index < -0.39 is 0 Å². The van der Waals surface area contributed by atoms with E-state index in [-0.39, 0.29) is 12.6 Å². The van der Waals surface area contributed by atoms with E-state index in [0.29, 0.717) is 0 Å². The third-order valence-corrected chi connectivity index (χ3v) is 2.23. The van der Waals surface area contributed by atoms with Crippen LogP contribution in [0.15, 0.2) is 24.5 Å². The predicted molar refractivity (Wildman–Crippen MR) is 53.9 cm³/mol. The van der Waals surface area contributed by atoms with Gasteiger partial charge >= 0.3 is 0 Å². The summed E-state index contributed by atoms with van der Waals surface area (Å²) < 4.78 is 1.92. The van der Waals surface area contributed by atoms with Gasteiger partial charge in [-0.3, -0.25) is 0 Å². The fraction of sp³-hybridized carbons (Fsp3) is 0.300. The largest absolute Gasteiger partial charge is 0.394 e. The number of fused-ring (bicyclic) bond motifs is 1. The highest BCUT2D eigenvalue weighted by molar-refractivity contribution is 5.50. The molecule has 2 rings (SSSR count). The zero-order valence-electron chi connectivity index (χ0n) is 8.01. The molecule has 2 aromatic rings. The lowest BCUT2D eigenvalue weighted by atomic mass is 10.1. The van der Waals surface area contributed by atoms with E-state index in [1.807, 2.05) is 35.9 Å². The Kier molecular flexibility index (Phi) is 2.23. The van der Waals surface area contributed by atoms with Crippen LogP contribution in [0.2, 0.25) is 0 Å². The monoisotopic (exact) mass is 191 g/mol. The molecule has 0 aliphatic heterocycles. The van der Waals surface area contributed by atoms with Crippen molar-refractivity contribution in [1.82, 2.24) is 9.38 Å². The number of imidazole rings is 1. The smallest absolute Gasteiger partial charge is 0.141 e. The van der Waals surface area contributed by atoms with E-state index in [1.165, 1.54) is 0 Å². The van der Waals surface area contributed by atoms with Crippen molar-refractivity contribution in [1.29, 1.82) is 0 Å². The molecule has 4 heteroatoms. The summed E-state index contributed by atoms with van der Waals surface area (Å²) in [4.78, 5) is 4.35. The molecule has 0 fully saturated rings. The summed E-state index contributed by atoms with van der Waals surface area (Å²) in [6.07, 6.45) is 3.85. The van der Waals surface area contributed by atoms with Crippen LogP contribution in [0, 0.1) is 6.92 Å². The summed E-state index contributed by atoms with van der Waals surface area (Å²) in [5.41, 5.74) is 8.42. The Hall–Kier alpha value is -1.39. The quantitative estimate of drug-likeness (QED) is 0.732. The molecule has 2 heterocycles. The van der Waals surface area contributed by atoms with Gasteiger partial charge in [0, 0.05) is 18.0 Å². The molecular formula is C10H13N3O. The standard InChI is InChI=1S/C10H13N3O/c1-7-5-13-4-2-3-8(9(11)6-14)10(13)12-7/h2-5,9,14H,6,11H2,1H3. The summed E-state index contributed by atoms with van der Waals surface area (Å²) in [7, 11) is 0. The fourth-order valence-electron chi connectivity index (χ4n) is 1.55. The SMILES string of the molecule is Cc1cn2cccc(C(N)CO)c2n1. The molecular weight excluding hydrogens is 178 g/mol. The second-order valence-electron chi connectivity index (χ2n) is 3.37. The van der Waals surface area contributed by atoms with Gasteiger partial charge in [-0.2, -0.15) is 0 Å². The minimum atomic E-state index is -0.361. The van der Waals surface area contributed by atoms with Gasteiger partial charge in [0.25, 0.3) is 0 Å². The molecule has 0 saturated carbocycles. The van der Waals surface area contributed by atoms with E-state index in [9.17, 15) is 0 Å². The maximum absolute atomic E-state index is 8.99. The van der Waals surface area contributed by atoms with Crippen LogP contribution in [0.1, 0.15) is 17.3 Å². The molecule has 0 bridgehead atoms. The second-order valence-corrected chi connectivity index (χ2v) is 3.37. The molecule has 0 radical (unpaired) electrons. The number of aliphatic hydroxyl groups excluding tert-OH is 1. The molecule has 0 aliphatic carbocycles. The van der Waals surface area contributed by atoms with Crippen molar-refractivity contribution in [3.05, 3.63) is 35.8 Å². The first kappa shape index (κ1) is 9.18. The van der Waals surface area contributed by atoms with Gasteiger partial charge in [-0.15, -0.1) is 0 Å². The van der Waals surface area contributed by atoms with Crippen molar-refractivity contribution in [2.45, 2.75) is 13.0 Å². The number of aryl methyl sites for hydroxylation is 1.